The molecule has 0 aliphatic heterocycles. The second-order valence-corrected chi connectivity index (χ2v) is 5.91. The molecule has 118 valence electrons. The lowest BCUT2D eigenvalue weighted by atomic mass is 10.3. The quantitative estimate of drug-likeness (QED) is 0.685. The van der Waals surface area contributed by atoms with E-state index < -0.39 is 0 Å². The van der Waals surface area contributed by atoms with Crippen molar-refractivity contribution in [2.45, 2.75) is 33.2 Å². The molecule has 0 bridgehead atoms. The smallest absolute Gasteiger partial charge is 0.195 e. The van der Waals surface area contributed by atoms with Crippen molar-refractivity contribution in [2.75, 3.05) is 38.3 Å². The maximum Gasteiger partial charge on any atom is 0.195 e. The number of methoxy groups -OCH3 is 1. The van der Waals surface area contributed by atoms with Gasteiger partial charge in [0.2, 0.25) is 0 Å². The Morgan fingerprint density at radius 2 is 2.29 bits per heavy atom. The summed E-state index contributed by atoms with van der Waals surface area (Å²) in [6, 6.07) is 0. The molecular weight excluding hydrogens is 284 g/mol. The number of unbranched alkanes of at least 4 members (excludes halogenated alkanes) is 1. The number of anilines is 1. The van der Waals surface area contributed by atoms with Gasteiger partial charge in [-0.25, -0.2) is 4.98 Å². The summed E-state index contributed by atoms with van der Waals surface area (Å²) in [5.41, 5.74) is 1.25. The Kier molecular flexibility index (Phi) is 6.48. The fraction of sp³-hybridized carbons (Fsp3) is 0.667. The van der Waals surface area contributed by atoms with Crippen LogP contribution in [0.15, 0.2) is 11.6 Å². The minimum Gasteiger partial charge on any atom is -0.383 e. The van der Waals surface area contributed by atoms with Crippen molar-refractivity contribution in [3.63, 3.8) is 0 Å². The van der Waals surface area contributed by atoms with E-state index in [0.29, 0.717) is 0 Å². The van der Waals surface area contributed by atoms with Crippen LogP contribution in [-0.4, -0.2) is 42.7 Å². The van der Waals surface area contributed by atoms with E-state index in [1.165, 1.54) is 18.5 Å². The van der Waals surface area contributed by atoms with Crippen LogP contribution in [0.3, 0.4) is 0 Å². The van der Waals surface area contributed by atoms with E-state index in [-0.39, 0.29) is 0 Å². The van der Waals surface area contributed by atoms with Crippen molar-refractivity contribution in [1.82, 2.24) is 14.7 Å². The fourth-order valence-corrected chi connectivity index (χ4v) is 3.11. The van der Waals surface area contributed by atoms with Gasteiger partial charge in [0.1, 0.15) is 0 Å². The molecule has 0 saturated carbocycles. The van der Waals surface area contributed by atoms with E-state index in [1.54, 1.807) is 18.4 Å². The highest BCUT2D eigenvalue weighted by molar-refractivity contribution is 7.15. The summed E-state index contributed by atoms with van der Waals surface area (Å²) in [6.45, 7) is 8.90. The predicted octanol–water partition coefficient (Wildman–Crippen LogP) is 2.76. The summed E-state index contributed by atoms with van der Waals surface area (Å²) in [4.78, 5) is 8.29. The summed E-state index contributed by atoms with van der Waals surface area (Å²) in [6.07, 6.45) is 4.52. The van der Waals surface area contributed by atoms with Gasteiger partial charge in [0.15, 0.2) is 10.8 Å². The molecule has 2 aromatic heterocycles. The van der Waals surface area contributed by atoms with E-state index in [1.807, 2.05) is 0 Å². The molecule has 0 spiro atoms. The molecule has 0 unspecified atom stereocenters. The molecule has 21 heavy (non-hydrogen) atoms. The van der Waals surface area contributed by atoms with Crippen LogP contribution in [-0.2, 0) is 11.3 Å². The number of aromatic nitrogens is 2. The summed E-state index contributed by atoms with van der Waals surface area (Å²) in [5.74, 6) is 1.13. The first kappa shape index (κ1) is 16.3. The minimum atomic E-state index is 0.730. The number of imidazole rings is 1. The van der Waals surface area contributed by atoms with Crippen LogP contribution in [0.25, 0.3) is 4.96 Å². The van der Waals surface area contributed by atoms with E-state index >= 15 is 0 Å². The molecule has 0 atom stereocenters. The molecule has 0 radical (unpaired) electrons. The normalized spacial score (nSPS) is 11.4. The Morgan fingerprint density at radius 3 is 3.00 bits per heavy atom. The highest BCUT2D eigenvalue weighted by atomic mass is 32.1. The molecule has 1 N–H and O–H groups in total. The van der Waals surface area contributed by atoms with Gasteiger partial charge < -0.3 is 15.0 Å². The van der Waals surface area contributed by atoms with E-state index in [2.05, 4.69) is 40.0 Å². The molecule has 0 aliphatic carbocycles. The first-order valence-electron chi connectivity index (χ1n) is 7.70. The SMILES string of the molecule is CCCCN(CC)c1nc2sccn2c1CNCCOC. The first-order valence-corrected chi connectivity index (χ1v) is 8.58. The second-order valence-electron chi connectivity index (χ2n) is 5.04. The molecule has 0 saturated heterocycles. The predicted molar refractivity (Wildman–Crippen MR) is 89.4 cm³/mol. The average molecular weight is 310 g/mol. The molecule has 0 fully saturated rings. The van der Waals surface area contributed by atoms with Crippen LogP contribution < -0.4 is 10.2 Å². The molecule has 2 rings (SSSR count). The number of nitrogens with zero attached hydrogens (tertiary/aromatic N) is 3. The van der Waals surface area contributed by atoms with Crippen LogP contribution in [0, 0.1) is 0 Å². The third kappa shape index (κ3) is 3.96. The van der Waals surface area contributed by atoms with Crippen LogP contribution in [0.2, 0.25) is 0 Å². The molecule has 5 nitrogen and oxygen atoms in total. The molecule has 0 amide bonds. The van der Waals surface area contributed by atoms with Crippen LogP contribution >= 0.6 is 11.3 Å². The van der Waals surface area contributed by atoms with Crippen molar-refractivity contribution in [1.29, 1.82) is 0 Å². The standard InChI is InChI=1S/C15H26N4OS/c1-4-6-8-18(5-2)14-13(12-16-7-10-20-3)19-9-11-21-15(19)17-14/h9,11,16H,4-8,10,12H2,1-3H3. The van der Waals surface area contributed by atoms with Crippen molar-refractivity contribution in [2.24, 2.45) is 0 Å². The van der Waals surface area contributed by atoms with Gasteiger partial charge in [-0.2, -0.15) is 0 Å². The van der Waals surface area contributed by atoms with Gasteiger partial charge in [-0.05, 0) is 13.3 Å². The van der Waals surface area contributed by atoms with Crippen molar-refractivity contribution in [3.05, 3.63) is 17.3 Å². The Balaban J connectivity index is 2.17. The zero-order chi connectivity index (χ0) is 15.1. The van der Waals surface area contributed by atoms with E-state index in [0.717, 1.165) is 43.6 Å². The number of hydrogen-bond acceptors (Lipinski definition) is 5. The molecule has 6 heteroatoms. The van der Waals surface area contributed by atoms with E-state index in [9.17, 15) is 0 Å². The molecule has 2 heterocycles. The van der Waals surface area contributed by atoms with Gasteiger partial charge in [-0.15, -0.1) is 11.3 Å². The van der Waals surface area contributed by atoms with Gasteiger partial charge in [0, 0.05) is 44.9 Å². The van der Waals surface area contributed by atoms with Gasteiger partial charge in [-0.1, -0.05) is 13.3 Å². The summed E-state index contributed by atoms with van der Waals surface area (Å²) >= 11 is 1.69. The monoisotopic (exact) mass is 310 g/mol. The highest BCUT2D eigenvalue weighted by Crippen LogP contribution is 2.25. The van der Waals surface area contributed by atoms with Crippen molar-refractivity contribution < 1.29 is 4.74 Å². The lowest BCUT2D eigenvalue weighted by molar-refractivity contribution is 0.199. The van der Waals surface area contributed by atoms with Gasteiger partial charge in [0.25, 0.3) is 0 Å². The number of fused-ring (bicyclic) bond motifs is 1. The third-order valence-electron chi connectivity index (χ3n) is 3.58. The summed E-state index contributed by atoms with van der Waals surface area (Å²) in [7, 11) is 1.73. The zero-order valence-electron chi connectivity index (χ0n) is 13.3. The highest BCUT2D eigenvalue weighted by Gasteiger charge is 2.17. The van der Waals surface area contributed by atoms with Gasteiger partial charge in [-0.3, -0.25) is 4.40 Å². The van der Waals surface area contributed by atoms with Crippen molar-refractivity contribution in [3.8, 4) is 0 Å². The number of ether oxygens (including phenoxy) is 1. The summed E-state index contributed by atoms with van der Waals surface area (Å²) in [5, 5.41) is 5.53. The third-order valence-corrected chi connectivity index (χ3v) is 4.33. The van der Waals surface area contributed by atoms with Crippen LogP contribution in [0.4, 0.5) is 5.82 Å². The Morgan fingerprint density at radius 1 is 1.43 bits per heavy atom. The Hall–Kier alpha value is -1.11. The number of thiazole rings is 1. The Labute approximate surface area is 130 Å². The van der Waals surface area contributed by atoms with Crippen LogP contribution in [0.1, 0.15) is 32.4 Å². The molecular formula is C15H26N4OS. The molecule has 0 aromatic carbocycles. The van der Waals surface area contributed by atoms with E-state index in [4.69, 9.17) is 9.72 Å². The maximum absolute atomic E-state index is 5.09. The lowest BCUT2D eigenvalue weighted by Gasteiger charge is -2.22. The first-order chi connectivity index (χ1) is 10.3. The van der Waals surface area contributed by atoms with Crippen LogP contribution in [0.5, 0.6) is 0 Å². The largest absolute Gasteiger partial charge is 0.383 e. The van der Waals surface area contributed by atoms with Gasteiger partial charge >= 0.3 is 0 Å². The minimum absolute atomic E-state index is 0.730. The number of rotatable bonds is 10. The maximum atomic E-state index is 5.09. The lowest BCUT2D eigenvalue weighted by Crippen LogP contribution is -2.27. The topological polar surface area (TPSA) is 41.8 Å². The number of hydrogen-bond donors (Lipinski definition) is 1. The summed E-state index contributed by atoms with van der Waals surface area (Å²) < 4.78 is 7.30. The fourth-order valence-electron chi connectivity index (χ4n) is 2.38. The van der Waals surface area contributed by atoms with Crippen molar-refractivity contribution >= 4 is 22.1 Å². The zero-order valence-corrected chi connectivity index (χ0v) is 14.1. The average Bonchev–Trinajstić information content (AvgIpc) is 3.07. The Bertz CT molecular complexity index is 537. The van der Waals surface area contributed by atoms with Gasteiger partial charge in [0.05, 0.1) is 12.3 Å². The molecule has 2 aromatic rings. The molecule has 0 aliphatic rings. The second kappa shape index (κ2) is 8.36. The number of nitrogens with one attached hydrogen (secondary N) is 1.